The fourth-order valence-electron chi connectivity index (χ4n) is 1.49. The molecule has 2 nitrogen and oxygen atoms in total. The average Bonchev–Trinajstić information content (AvgIpc) is 2.17. The molecule has 0 radical (unpaired) electrons. The predicted octanol–water partition coefficient (Wildman–Crippen LogP) is 2.75. The lowest BCUT2D eigenvalue weighted by Crippen LogP contribution is -2.28. The lowest BCUT2D eigenvalue weighted by Gasteiger charge is -2.24. The summed E-state index contributed by atoms with van der Waals surface area (Å²) in [6, 6.07) is 7.63. The van der Waals surface area contributed by atoms with Crippen LogP contribution in [-0.2, 0) is 10.2 Å². The first-order chi connectivity index (χ1) is 6.95. The van der Waals surface area contributed by atoms with E-state index in [4.69, 9.17) is 11.6 Å². The SMILES string of the molecule is CNC(=O)CC(C)(C)c1ccc(Cl)cc1. The van der Waals surface area contributed by atoms with Gasteiger partial charge in [-0.3, -0.25) is 4.79 Å². The Hall–Kier alpha value is -1.02. The molecule has 1 amide bonds. The predicted molar refractivity (Wildman–Crippen MR) is 63.2 cm³/mol. The molecule has 1 aromatic rings. The molecule has 1 rings (SSSR count). The van der Waals surface area contributed by atoms with Crippen molar-refractivity contribution >= 4 is 17.5 Å². The zero-order chi connectivity index (χ0) is 11.5. The third-order valence-electron chi connectivity index (χ3n) is 2.51. The molecule has 0 aliphatic carbocycles. The van der Waals surface area contributed by atoms with Crippen LogP contribution in [0.15, 0.2) is 24.3 Å². The van der Waals surface area contributed by atoms with E-state index in [9.17, 15) is 4.79 Å². The lowest BCUT2D eigenvalue weighted by molar-refractivity contribution is -0.121. The van der Waals surface area contributed by atoms with Crippen molar-refractivity contribution in [2.24, 2.45) is 0 Å². The van der Waals surface area contributed by atoms with Crippen LogP contribution in [0.5, 0.6) is 0 Å². The Bertz CT molecular complexity index is 343. The van der Waals surface area contributed by atoms with Gasteiger partial charge in [0.05, 0.1) is 0 Å². The molecule has 82 valence electrons. The minimum Gasteiger partial charge on any atom is -0.359 e. The molecule has 0 saturated heterocycles. The first kappa shape index (κ1) is 12.1. The molecule has 0 unspecified atom stereocenters. The lowest BCUT2D eigenvalue weighted by atomic mass is 9.81. The molecule has 0 aliphatic rings. The van der Waals surface area contributed by atoms with Crippen molar-refractivity contribution in [2.45, 2.75) is 25.7 Å². The van der Waals surface area contributed by atoms with Gasteiger partial charge in [-0.1, -0.05) is 37.6 Å². The van der Waals surface area contributed by atoms with Crippen molar-refractivity contribution in [1.29, 1.82) is 0 Å². The van der Waals surface area contributed by atoms with Gasteiger partial charge in [0, 0.05) is 18.5 Å². The number of rotatable bonds is 3. The molecule has 0 aliphatic heterocycles. The third kappa shape index (κ3) is 3.24. The molecule has 15 heavy (non-hydrogen) atoms. The highest BCUT2D eigenvalue weighted by Crippen LogP contribution is 2.27. The fourth-order valence-corrected chi connectivity index (χ4v) is 1.62. The molecule has 0 atom stereocenters. The van der Waals surface area contributed by atoms with E-state index in [1.54, 1.807) is 7.05 Å². The number of hydrogen-bond donors (Lipinski definition) is 1. The third-order valence-corrected chi connectivity index (χ3v) is 2.76. The molecule has 0 saturated carbocycles. The number of benzene rings is 1. The second-order valence-corrected chi connectivity index (χ2v) is 4.68. The van der Waals surface area contributed by atoms with E-state index < -0.39 is 0 Å². The van der Waals surface area contributed by atoms with Crippen LogP contribution in [0.3, 0.4) is 0 Å². The van der Waals surface area contributed by atoms with Gasteiger partial charge < -0.3 is 5.32 Å². The van der Waals surface area contributed by atoms with E-state index in [0.29, 0.717) is 6.42 Å². The van der Waals surface area contributed by atoms with E-state index in [1.807, 2.05) is 38.1 Å². The largest absolute Gasteiger partial charge is 0.359 e. The fraction of sp³-hybridized carbons (Fsp3) is 0.417. The Morgan fingerprint density at radius 2 is 1.87 bits per heavy atom. The molecule has 0 heterocycles. The van der Waals surface area contributed by atoms with Crippen molar-refractivity contribution in [3.8, 4) is 0 Å². The van der Waals surface area contributed by atoms with Crippen LogP contribution in [-0.4, -0.2) is 13.0 Å². The Kier molecular flexibility index (Phi) is 3.75. The molecular weight excluding hydrogens is 210 g/mol. The standard InChI is InChI=1S/C12H16ClNO/c1-12(2,8-11(15)14-3)9-4-6-10(13)7-5-9/h4-7H,8H2,1-3H3,(H,14,15). The van der Waals surface area contributed by atoms with Gasteiger partial charge in [-0.15, -0.1) is 0 Å². The molecule has 1 aromatic carbocycles. The first-order valence-electron chi connectivity index (χ1n) is 4.92. The number of carbonyl (C=O) groups is 1. The van der Waals surface area contributed by atoms with E-state index in [-0.39, 0.29) is 11.3 Å². The molecule has 1 N–H and O–H groups in total. The molecule has 0 bridgehead atoms. The van der Waals surface area contributed by atoms with Gasteiger partial charge in [0.1, 0.15) is 0 Å². The van der Waals surface area contributed by atoms with Crippen LogP contribution < -0.4 is 5.32 Å². The molecular formula is C12H16ClNO. The van der Waals surface area contributed by atoms with Crippen molar-refractivity contribution in [1.82, 2.24) is 5.32 Å². The number of halogens is 1. The maximum atomic E-state index is 11.3. The van der Waals surface area contributed by atoms with Crippen molar-refractivity contribution in [3.63, 3.8) is 0 Å². The zero-order valence-corrected chi connectivity index (χ0v) is 10.1. The van der Waals surface area contributed by atoms with Crippen LogP contribution in [0, 0.1) is 0 Å². The second kappa shape index (κ2) is 4.67. The van der Waals surface area contributed by atoms with Crippen LogP contribution >= 0.6 is 11.6 Å². The summed E-state index contributed by atoms with van der Waals surface area (Å²) in [5, 5.41) is 3.35. The van der Waals surface area contributed by atoms with Gasteiger partial charge >= 0.3 is 0 Å². The zero-order valence-electron chi connectivity index (χ0n) is 9.30. The minimum atomic E-state index is -0.162. The number of carbonyl (C=O) groups excluding carboxylic acids is 1. The van der Waals surface area contributed by atoms with Crippen molar-refractivity contribution < 1.29 is 4.79 Å². The summed E-state index contributed by atoms with van der Waals surface area (Å²) < 4.78 is 0. The van der Waals surface area contributed by atoms with Crippen LogP contribution in [0.25, 0.3) is 0 Å². The summed E-state index contributed by atoms with van der Waals surface area (Å²) in [5.41, 5.74) is 0.959. The monoisotopic (exact) mass is 225 g/mol. The van der Waals surface area contributed by atoms with Gasteiger partial charge in [0.25, 0.3) is 0 Å². The Labute approximate surface area is 95.6 Å². The van der Waals surface area contributed by atoms with Gasteiger partial charge in [-0.05, 0) is 23.1 Å². The summed E-state index contributed by atoms with van der Waals surface area (Å²) in [4.78, 5) is 11.3. The van der Waals surface area contributed by atoms with Crippen molar-refractivity contribution in [3.05, 3.63) is 34.9 Å². The Balaban J connectivity index is 2.85. The van der Waals surface area contributed by atoms with Gasteiger partial charge in [0.2, 0.25) is 5.91 Å². The van der Waals surface area contributed by atoms with Crippen LogP contribution in [0.4, 0.5) is 0 Å². The van der Waals surface area contributed by atoms with E-state index in [0.717, 1.165) is 10.6 Å². The number of amides is 1. The molecule has 0 aromatic heterocycles. The summed E-state index contributed by atoms with van der Waals surface area (Å²) in [6.07, 6.45) is 0.477. The summed E-state index contributed by atoms with van der Waals surface area (Å²) in [5.74, 6) is 0.0509. The highest BCUT2D eigenvalue weighted by atomic mass is 35.5. The highest BCUT2D eigenvalue weighted by Gasteiger charge is 2.23. The Morgan fingerprint density at radius 1 is 1.33 bits per heavy atom. The van der Waals surface area contributed by atoms with Gasteiger partial charge in [-0.25, -0.2) is 0 Å². The first-order valence-corrected chi connectivity index (χ1v) is 5.30. The molecule has 0 spiro atoms. The van der Waals surface area contributed by atoms with E-state index in [2.05, 4.69) is 5.32 Å². The Morgan fingerprint density at radius 3 is 2.33 bits per heavy atom. The number of nitrogens with one attached hydrogen (secondary N) is 1. The highest BCUT2D eigenvalue weighted by molar-refractivity contribution is 6.30. The maximum absolute atomic E-state index is 11.3. The molecule has 3 heteroatoms. The summed E-state index contributed by atoms with van der Waals surface area (Å²) in [6.45, 7) is 4.09. The van der Waals surface area contributed by atoms with Crippen LogP contribution in [0.2, 0.25) is 5.02 Å². The normalized spacial score (nSPS) is 11.2. The van der Waals surface area contributed by atoms with Gasteiger partial charge in [0.15, 0.2) is 0 Å². The summed E-state index contributed by atoms with van der Waals surface area (Å²) >= 11 is 5.82. The van der Waals surface area contributed by atoms with Crippen LogP contribution in [0.1, 0.15) is 25.8 Å². The smallest absolute Gasteiger partial charge is 0.220 e. The summed E-state index contributed by atoms with van der Waals surface area (Å²) in [7, 11) is 1.65. The second-order valence-electron chi connectivity index (χ2n) is 4.24. The topological polar surface area (TPSA) is 29.1 Å². The maximum Gasteiger partial charge on any atom is 0.220 e. The average molecular weight is 226 g/mol. The quantitative estimate of drug-likeness (QED) is 0.842. The van der Waals surface area contributed by atoms with E-state index >= 15 is 0 Å². The van der Waals surface area contributed by atoms with E-state index in [1.165, 1.54) is 0 Å². The molecule has 0 fully saturated rings. The van der Waals surface area contributed by atoms with Gasteiger partial charge in [-0.2, -0.15) is 0 Å². The van der Waals surface area contributed by atoms with Crippen molar-refractivity contribution in [2.75, 3.05) is 7.05 Å². The number of hydrogen-bond acceptors (Lipinski definition) is 1. The minimum absolute atomic E-state index is 0.0509.